The maximum atomic E-state index is 12.3. The number of aryl methyl sites for hydroxylation is 1. The molecule has 0 unspecified atom stereocenters. The van der Waals surface area contributed by atoms with Gasteiger partial charge in [-0.25, -0.2) is 13.1 Å². The number of hydrogen-bond acceptors (Lipinski definition) is 4. The van der Waals surface area contributed by atoms with E-state index in [4.69, 9.17) is 5.73 Å². The van der Waals surface area contributed by atoms with Crippen molar-refractivity contribution in [2.24, 2.45) is 12.8 Å². The van der Waals surface area contributed by atoms with Crippen molar-refractivity contribution in [3.63, 3.8) is 0 Å². The average molecular weight is 274 g/mol. The fourth-order valence-electron chi connectivity index (χ4n) is 1.81. The summed E-state index contributed by atoms with van der Waals surface area (Å²) in [6, 6.07) is 0. The fourth-order valence-corrected chi connectivity index (χ4v) is 3.57. The van der Waals surface area contributed by atoms with Crippen LogP contribution in [-0.2, 0) is 17.1 Å². The van der Waals surface area contributed by atoms with Crippen LogP contribution in [0.5, 0.6) is 0 Å². The van der Waals surface area contributed by atoms with E-state index in [0.29, 0.717) is 18.5 Å². The number of nitrogens with one attached hydrogen (secondary N) is 1. The van der Waals surface area contributed by atoms with E-state index in [0.717, 1.165) is 0 Å². The second-order valence-electron chi connectivity index (χ2n) is 4.51. The second kappa shape index (κ2) is 5.38. The zero-order chi connectivity index (χ0) is 14.0. The lowest BCUT2D eigenvalue weighted by molar-refractivity contribution is 0.363. The predicted octanol–water partition coefficient (Wildman–Crippen LogP) is 0.524. The monoisotopic (exact) mass is 274 g/mol. The van der Waals surface area contributed by atoms with Crippen LogP contribution in [0.2, 0.25) is 0 Å². The Labute approximate surface area is 109 Å². The molecule has 7 heteroatoms. The summed E-state index contributed by atoms with van der Waals surface area (Å²) in [5.74, 6) is 0. The van der Waals surface area contributed by atoms with E-state index in [9.17, 15) is 8.42 Å². The van der Waals surface area contributed by atoms with Gasteiger partial charge in [-0.05, 0) is 19.8 Å². The van der Waals surface area contributed by atoms with Gasteiger partial charge in [0.25, 0.3) is 0 Å². The lowest BCUT2D eigenvalue weighted by atomic mass is 9.95. The van der Waals surface area contributed by atoms with E-state index in [2.05, 4.69) is 9.82 Å². The van der Waals surface area contributed by atoms with Gasteiger partial charge in [-0.15, -0.1) is 0 Å². The van der Waals surface area contributed by atoms with Gasteiger partial charge in [0.05, 0.1) is 11.9 Å². The van der Waals surface area contributed by atoms with Gasteiger partial charge in [0.2, 0.25) is 10.0 Å². The van der Waals surface area contributed by atoms with Gasteiger partial charge in [-0.3, -0.25) is 4.68 Å². The van der Waals surface area contributed by atoms with Gasteiger partial charge in [0.15, 0.2) is 0 Å². The van der Waals surface area contributed by atoms with Crippen molar-refractivity contribution in [2.45, 2.75) is 44.0 Å². The van der Waals surface area contributed by atoms with Crippen molar-refractivity contribution in [3.8, 4) is 0 Å². The third-order valence-electron chi connectivity index (χ3n) is 3.57. The number of aromatic nitrogens is 2. The summed E-state index contributed by atoms with van der Waals surface area (Å²) in [5.41, 5.74) is 5.74. The molecule has 104 valence electrons. The van der Waals surface area contributed by atoms with Crippen LogP contribution in [0.3, 0.4) is 0 Å². The summed E-state index contributed by atoms with van der Waals surface area (Å²) in [5, 5.41) is 3.96. The lowest BCUT2D eigenvalue weighted by Crippen LogP contribution is -2.52. The maximum Gasteiger partial charge on any atom is 0.244 e. The SMILES string of the molecule is CCC(CC)(CN)NS(=O)(=O)c1cnn(C)c1C. The van der Waals surface area contributed by atoms with E-state index in [1.807, 2.05) is 13.8 Å². The van der Waals surface area contributed by atoms with Crippen LogP contribution in [0.1, 0.15) is 32.4 Å². The molecule has 0 saturated heterocycles. The molecule has 18 heavy (non-hydrogen) atoms. The zero-order valence-corrected chi connectivity index (χ0v) is 12.2. The van der Waals surface area contributed by atoms with E-state index >= 15 is 0 Å². The molecule has 6 nitrogen and oxygen atoms in total. The second-order valence-corrected chi connectivity index (χ2v) is 6.17. The third-order valence-corrected chi connectivity index (χ3v) is 5.26. The average Bonchev–Trinajstić information content (AvgIpc) is 2.68. The molecule has 0 aliphatic carbocycles. The van der Waals surface area contributed by atoms with Crippen molar-refractivity contribution >= 4 is 10.0 Å². The Morgan fingerprint density at radius 2 is 2.00 bits per heavy atom. The first-order valence-corrected chi connectivity index (χ1v) is 7.53. The molecule has 0 amide bonds. The molecule has 0 radical (unpaired) electrons. The Kier molecular flexibility index (Phi) is 4.52. The summed E-state index contributed by atoms with van der Waals surface area (Å²) in [6.45, 7) is 5.85. The molecule has 0 aliphatic rings. The molecule has 1 rings (SSSR count). The molecular weight excluding hydrogens is 252 g/mol. The largest absolute Gasteiger partial charge is 0.329 e. The molecule has 0 spiro atoms. The number of sulfonamides is 1. The van der Waals surface area contributed by atoms with Crippen molar-refractivity contribution < 1.29 is 8.42 Å². The van der Waals surface area contributed by atoms with Crippen LogP contribution in [0.15, 0.2) is 11.1 Å². The highest BCUT2D eigenvalue weighted by molar-refractivity contribution is 7.89. The minimum Gasteiger partial charge on any atom is -0.329 e. The summed E-state index contributed by atoms with van der Waals surface area (Å²) in [6.07, 6.45) is 2.67. The van der Waals surface area contributed by atoms with E-state index in [-0.39, 0.29) is 11.4 Å². The molecule has 1 aromatic heterocycles. The van der Waals surface area contributed by atoms with Crippen LogP contribution in [0, 0.1) is 6.92 Å². The first-order chi connectivity index (χ1) is 8.32. The highest BCUT2D eigenvalue weighted by Gasteiger charge is 2.32. The Balaban J connectivity index is 3.13. The Morgan fingerprint density at radius 1 is 1.44 bits per heavy atom. The molecule has 3 N–H and O–H groups in total. The van der Waals surface area contributed by atoms with Crippen molar-refractivity contribution in [1.29, 1.82) is 0 Å². The summed E-state index contributed by atoms with van der Waals surface area (Å²) in [7, 11) is -1.86. The zero-order valence-electron chi connectivity index (χ0n) is 11.4. The molecule has 0 atom stereocenters. The smallest absolute Gasteiger partial charge is 0.244 e. The molecule has 1 heterocycles. The van der Waals surface area contributed by atoms with Gasteiger partial charge in [0.1, 0.15) is 4.90 Å². The number of nitrogens with zero attached hydrogens (tertiary/aromatic N) is 2. The summed E-state index contributed by atoms with van der Waals surface area (Å²) in [4.78, 5) is 0.213. The van der Waals surface area contributed by atoms with Crippen molar-refractivity contribution in [1.82, 2.24) is 14.5 Å². The molecule has 0 aliphatic heterocycles. The van der Waals surface area contributed by atoms with E-state index < -0.39 is 15.6 Å². The van der Waals surface area contributed by atoms with Gasteiger partial charge in [-0.2, -0.15) is 5.10 Å². The molecule has 1 aromatic rings. The van der Waals surface area contributed by atoms with Crippen LogP contribution >= 0.6 is 0 Å². The number of hydrogen-bond donors (Lipinski definition) is 2. The first kappa shape index (κ1) is 15.1. The van der Waals surface area contributed by atoms with Crippen LogP contribution < -0.4 is 10.5 Å². The van der Waals surface area contributed by atoms with Crippen LogP contribution in [-0.4, -0.2) is 30.3 Å². The van der Waals surface area contributed by atoms with Gasteiger partial charge in [-0.1, -0.05) is 13.8 Å². The highest BCUT2D eigenvalue weighted by Crippen LogP contribution is 2.20. The van der Waals surface area contributed by atoms with E-state index in [1.165, 1.54) is 10.9 Å². The molecule has 0 bridgehead atoms. The Bertz CT molecular complexity index is 495. The maximum absolute atomic E-state index is 12.3. The lowest BCUT2D eigenvalue weighted by Gasteiger charge is -2.30. The molecule has 0 fully saturated rings. The number of rotatable bonds is 6. The quantitative estimate of drug-likeness (QED) is 0.791. The third kappa shape index (κ3) is 2.73. The normalized spacial score (nSPS) is 12.9. The van der Waals surface area contributed by atoms with Crippen molar-refractivity contribution in [2.75, 3.05) is 6.54 Å². The first-order valence-electron chi connectivity index (χ1n) is 6.04. The van der Waals surface area contributed by atoms with E-state index in [1.54, 1.807) is 14.0 Å². The Morgan fingerprint density at radius 3 is 2.33 bits per heavy atom. The van der Waals surface area contributed by atoms with Crippen LogP contribution in [0.25, 0.3) is 0 Å². The minimum absolute atomic E-state index is 0.213. The van der Waals surface area contributed by atoms with Gasteiger partial charge < -0.3 is 5.73 Å². The van der Waals surface area contributed by atoms with Gasteiger partial charge in [0, 0.05) is 19.1 Å². The highest BCUT2D eigenvalue weighted by atomic mass is 32.2. The molecule has 0 aromatic carbocycles. The predicted molar refractivity (Wildman–Crippen MR) is 70.6 cm³/mol. The topological polar surface area (TPSA) is 90.0 Å². The minimum atomic E-state index is -3.58. The van der Waals surface area contributed by atoms with Crippen LogP contribution in [0.4, 0.5) is 0 Å². The number of nitrogens with two attached hydrogens (primary N) is 1. The molecule has 0 saturated carbocycles. The summed E-state index contributed by atoms with van der Waals surface area (Å²) < 4.78 is 28.9. The molecular formula is C11H22N4O2S. The van der Waals surface area contributed by atoms with Crippen molar-refractivity contribution in [3.05, 3.63) is 11.9 Å². The fraction of sp³-hybridized carbons (Fsp3) is 0.727. The summed E-state index contributed by atoms with van der Waals surface area (Å²) >= 11 is 0. The van der Waals surface area contributed by atoms with Gasteiger partial charge >= 0.3 is 0 Å². The standard InChI is InChI=1S/C11H22N4O2S/c1-5-11(6-2,8-12)14-18(16,17)10-7-13-15(4)9(10)3/h7,14H,5-6,8,12H2,1-4H3. The Hall–Kier alpha value is -0.920.